The first kappa shape index (κ1) is 11.8. The lowest BCUT2D eigenvalue weighted by Crippen LogP contribution is -1.88. The summed E-state index contributed by atoms with van der Waals surface area (Å²) in [6.07, 6.45) is 0. The predicted octanol–water partition coefficient (Wildman–Crippen LogP) is 4.33. The van der Waals surface area contributed by atoms with Crippen LogP contribution >= 0.6 is 15.9 Å². The topological polar surface area (TPSA) is 43.1 Å². The lowest BCUT2D eigenvalue weighted by molar-refractivity contribution is -0.384. The van der Waals surface area contributed by atoms with Crippen molar-refractivity contribution >= 4 is 21.6 Å². The van der Waals surface area contributed by atoms with Gasteiger partial charge in [-0.15, -0.1) is 0 Å². The molecule has 0 saturated carbocycles. The zero-order chi connectivity index (χ0) is 12.4. The van der Waals surface area contributed by atoms with Crippen LogP contribution in [-0.2, 0) is 0 Å². The number of hydrogen-bond donors (Lipinski definition) is 0. The number of nitro groups is 1. The van der Waals surface area contributed by atoms with Crippen LogP contribution in [0.3, 0.4) is 0 Å². The van der Waals surface area contributed by atoms with Crippen molar-refractivity contribution in [3.63, 3.8) is 0 Å². The molecule has 86 valence electrons. The Bertz CT molecular complexity index is 564. The Kier molecular flexibility index (Phi) is 3.24. The second kappa shape index (κ2) is 4.67. The van der Waals surface area contributed by atoms with E-state index in [-0.39, 0.29) is 5.69 Å². The maximum Gasteiger partial charge on any atom is 0.269 e. The fourth-order valence-corrected chi connectivity index (χ4v) is 2.19. The zero-order valence-electron chi connectivity index (χ0n) is 9.18. The van der Waals surface area contributed by atoms with E-state index in [4.69, 9.17) is 0 Å². The van der Waals surface area contributed by atoms with Crippen LogP contribution in [0.15, 0.2) is 46.9 Å². The van der Waals surface area contributed by atoms with Gasteiger partial charge in [0.2, 0.25) is 0 Å². The van der Waals surface area contributed by atoms with Crippen molar-refractivity contribution in [2.45, 2.75) is 6.92 Å². The van der Waals surface area contributed by atoms with Gasteiger partial charge in [-0.25, -0.2) is 0 Å². The first-order valence-corrected chi connectivity index (χ1v) is 5.88. The van der Waals surface area contributed by atoms with Gasteiger partial charge in [-0.05, 0) is 47.9 Å². The maximum absolute atomic E-state index is 10.6. The molecule has 0 bridgehead atoms. The highest BCUT2D eigenvalue weighted by Gasteiger charge is 2.06. The van der Waals surface area contributed by atoms with Gasteiger partial charge in [0.15, 0.2) is 0 Å². The van der Waals surface area contributed by atoms with Gasteiger partial charge in [-0.1, -0.05) is 22.0 Å². The number of hydrogen-bond acceptors (Lipinski definition) is 2. The van der Waals surface area contributed by atoms with Crippen LogP contribution < -0.4 is 0 Å². The Morgan fingerprint density at radius 3 is 2.29 bits per heavy atom. The molecule has 4 heteroatoms. The van der Waals surface area contributed by atoms with E-state index in [0.29, 0.717) is 0 Å². The third kappa shape index (κ3) is 2.53. The molecule has 0 aromatic heterocycles. The van der Waals surface area contributed by atoms with Crippen molar-refractivity contribution in [2.75, 3.05) is 0 Å². The summed E-state index contributed by atoms with van der Waals surface area (Å²) in [6.45, 7) is 2.02. The van der Waals surface area contributed by atoms with E-state index in [2.05, 4.69) is 15.9 Å². The molecule has 0 amide bonds. The number of nitrogens with zero attached hydrogens (tertiary/aromatic N) is 1. The van der Waals surface area contributed by atoms with Gasteiger partial charge in [-0.3, -0.25) is 10.1 Å². The molecule has 0 heterocycles. The third-order valence-electron chi connectivity index (χ3n) is 2.58. The molecule has 17 heavy (non-hydrogen) atoms. The SMILES string of the molecule is Cc1cc(Br)ccc1-c1ccc([N+](=O)[O-])cc1. The Balaban J connectivity index is 2.43. The van der Waals surface area contributed by atoms with Crippen molar-refractivity contribution in [1.82, 2.24) is 0 Å². The number of halogens is 1. The normalized spacial score (nSPS) is 10.2. The minimum Gasteiger partial charge on any atom is -0.258 e. The van der Waals surface area contributed by atoms with Gasteiger partial charge in [0, 0.05) is 16.6 Å². The summed E-state index contributed by atoms with van der Waals surface area (Å²) >= 11 is 3.41. The molecular weight excluding hydrogens is 282 g/mol. The lowest BCUT2D eigenvalue weighted by Gasteiger charge is -2.06. The molecule has 0 saturated heterocycles. The highest BCUT2D eigenvalue weighted by Crippen LogP contribution is 2.27. The van der Waals surface area contributed by atoms with Crippen molar-refractivity contribution in [2.24, 2.45) is 0 Å². The summed E-state index contributed by atoms with van der Waals surface area (Å²) < 4.78 is 1.03. The third-order valence-corrected chi connectivity index (χ3v) is 3.07. The molecule has 0 fully saturated rings. The fourth-order valence-electron chi connectivity index (χ4n) is 1.71. The highest BCUT2D eigenvalue weighted by atomic mass is 79.9. The first-order chi connectivity index (χ1) is 8.08. The molecule has 2 aromatic rings. The number of rotatable bonds is 2. The van der Waals surface area contributed by atoms with E-state index >= 15 is 0 Å². The summed E-state index contributed by atoms with van der Waals surface area (Å²) in [6, 6.07) is 12.6. The van der Waals surface area contributed by atoms with Crippen molar-refractivity contribution in [3.8, 4) is 11.1 Å². The second-order valence-electron chi connectivity index (χ2n) is 3.76. The van der Waals surface area contributed by atoms with Crippen molar-refractivity contribution < 1.29 is 4.92 Å². The Morgan fingerprint density at radius 2 is 1.76 bits per heavy atom. The number of nitro benzene ring substituents is 1. The Labute approximate surface area is 107 Å². The van der Waals surface area contributed by atoms with E-state index < -0.39 is 4.92 Å². The molecule has 0 spiro atoms. The van der Waals surface area contributed by atoms with E-state index in [9.17, 15) is 10.1 Å². The monoisotopic (exact) mass is 291 g/mol. The summed E-state index contributed by atoms with van der Waals surface area (Å²) in [5.74, 6) is 0. The van der Waals surface area contributed by atoms with E-state index in [1.54, 1.807) is 12.1 Å². The Morgan fingerprint density at radius 1 is 1.12 bits per heavy atom. The van der Waals surface area contributed by atoms with Gasteiger partial charge < -0.3 is 0 Å². The fraction of sp³-hybridized carbons (Fsp3) is 0.0769. The average Bonchev–Trinajstić information content (AvgIpc) is 2.29. The van der Waals surface area contributed by atoms with Crippen LogP contribution in [0.5, 0.6) is 0 Å². The quantitative estimate of drug-likeness (QED) is 0.610. The van der Waals surface area contributed by atoms with Gasteiger partial charge >= 0.3 is 0 Å². The molecule has 0 aliphatic rings. The van der Waals surface area contributed by atoms with Crippen LogP contribution in [0.4, 0.5) is 5.69 Å². The van der Waals surface area contributed by atoms with Crippen LogP contribution in [0.1, 0.15) is 5.56 Å². The lowest BCUT2D eigenvalue weighted by atomic mass is 10.0. The molecular formula is C13H10BrNO2. The van der Waals surface area contributed by atoms with Gasteiger partial charge in [-0.2, -0.15) is 0 Å². The van der Waals surface area contributed by atoms with Crippen molar-refractivity contribution in [3.05, 3.63) is 62.6 Å². The molecule has 0 aliphatic carbocycles. The summed E-state index contributed by atoms with van der Waals surface area (Å²) in [7, 11) is 0. The van der Waals surface area contributed by atoms with Crippen LogP contribution in [0, 0.1) is 17.0 Å². The molecule has 0 atom stereocenters. The van der Waals surface area contributed by atoms with Crippen LogP contribution in [0.25, 0.3) is 11.1 Å². The molecule has 0 N–H and O–H groups in total. The Hall–Kier alpha value is -1.68. The van der Waals surface area contributed by atoms with Crippen LogP contribution in [0.2, 0.25) is 0 Å². The number of benzene rings is 2. The summed E-state index contributed by atoms with van der Waals surface area (Å²) in [5, 5.41) is 10.6. The molecule has 0 aliphatic heterocycles. The van der Waals surface area contributed by atoms with E-state index in [1.165, 1.54) is 12.1 Å². The second-order valence-corrected chi connectivity index (χ2v) is 4.68. The largest absolute Gasteiger partial charge is 0.269 e. The predicted molar refractivity (Wildman–Crippen MR) is 71.0 cm³/mol. The van der Waals surface area contributed by atoms with Gasteiger partial charge in [0.1, 0.15) is 0 Å². The molecule has 3 nitrogen and oxygen atoms in total. The van der Waals surface area contributed by atoms with E-state index in [1.807, 2.05) is 25.1 Å². The number of non-ortho nitro benzene ring substituents is 1. The zero-order valence-corrected chi connectivity index (χ0v) is 10.8. The summed E-state index contributed by atoms with van der Waals surface area (Å²) in [5.41, 5.74) is 3.32. The minimum atomic E-state index is -0.391. The maximum atomic E-state index is 10.6. The highest BCUT2D eigenvalue weighted by molar-refractivity contribution is 9.10. The van der Waals surface area contributed by atoms with E-state index in [0.717, 1.165) is 21.2 Å². The summed E-state index contributed by atoms with van der Waals surface area (Å²) in [4.78, 5) is 10.2. The van der Waals surface area contributed by atoms with Crippen molar-refractivity contribution in [1.29, 1.82) is 0 Å². The first-order valence-electron chi connectivity index (χ1n) is 5.09. The van der Waals surface area contributed by atoms with Gasteiger partial charge in [0.05, 0.1) is 4.92 Å². The molecule has 2 aromatic carbocycles. The molecule has 2 rings (SSSR count). The van der Waals surface area contributed by atoms with Crippen LogP contribution in [-0.4, -0.2) is 4.92 Å². The number of aryl methyl sites for hydroxylation is 1. The molecule has 0 radical (unpaired) electrons. The average molecular weight is 292 g/mol. The minimum absolute atomic E-state index is 0.114. The van der Waals surface area contributed by atoms with Gasteiger partial charge in [0.25, 0.3) is 5.69 Å². The molecule has 0 unspecified atom stereocenters. The standard InChI is InChI=1S/C13H10BrNO2/c1-9-8-11(14)4-7-13(9)10-2-5-12(6-3-10)15(16)17/h2-8H,1H3. The smallest absolute Gasteiger partial charge is 0.258 e.